The van der Waals surface area contributed by atoms with Crippen LogP contribution in [0.5, 0.6) is 5.75 Å². The molecule has 2 aromatic carbocycles. The highest BCUT2D eigenvalue weighted by Crippen LogP contribution is 2.37. The minimum Gasteiger partial charge on any atom is -0.506 e. The molecule has 4 rings (SSSR count). The summed E-state index contributed by atoms with van der Waals surface area (Å²) in [6, 6.07) is 11.0. The fraction of sp³-hybridized carbons (Fsp3) is 0.300. The van der Waals surface area contributed by atoms with E-state index in [1.54, 1.807) is 6.07 Å². The summed E-state index contributed by atoms with van der Waals surface area (Å²) in [6.45, 7) is 1.09. The molecule has 1 fully saturated rings. The van der Waals surface area contributed by atoms with Crippen molar-refractivity contribution in [3.8, 4) is 5.75 Å². The number of morpholine rings is 1. The van der Waals surface area contributed by atoms with Crippen LogP contribution in [-0.4, -0.2) is 61.2 Å². The maximum Gasteiger partial charge on any atom is 0.243 e. The van der Waals surface area contributed by atoms with Gasteiger partial charge in [0.25, 0.3) is 0 Å². The Labute approximate surface area is 183 Å². The van der Waals surface area contributed by atoms with Gasteiger partial charge in [0, 0.05) is 24.4 Å². The van der Waals surface area contributed by atoms with E-state index in [4.69, 9.17) is 4.74 Å². The summed E-state index contributed by atoms with van der Waals surface area (Å²) in [5, 5.41) is 14.8. The van der Waals surface area contributed by atoms with E-state index in [1.807, 2.05) is 18.2 Å². The van der Waals surface area contributed by atoms with Crippen LogP contribution in [0.3, 0.4) is 0 Å². The van der Waals surface area contributed by atoms with E-state index in [0.29, 0.717) is 18.9 Å². The Hall–Kier alpha value is -2.60. The average Bonchev–Trinajstić information content (AvgIpc) is 2.76. The molecular formula is C20H21N3O6S2. The van der Waals surface area contributed by atoms with Gasteiger partial charge in [-0.2, -0.15) is 4.31 Å². The summed E-state index contributed by atoms with van der Waals surface area (Å²) < 4.78 is 32.2. The van der Waals surface area contributed by atoms with Gasteiger partial charge in [-0.3, -0.25) is 9.59 Å². The first-order valence-electron chi connectivity index (χ1n) is 9.62. The van der Waals surface area contributed by atoms with Crippen LogP contribution in [0.1, 0.15) is 6.42 Å². The lowest BCUT2D eigenvalue weighted by Crippen LogP contribution is -2.40. The number of ether oxygens (including phenoxy) is 1. The van der Waals surface area contributed by atoms with Crippen molar-refractivity contribution in [2.75, 3.05) is 36.9 Å². The van der Waals surface area contributed by atoms with Crippen LogP contribution < -0.4 is 10.6 Å². The van der Waals surface area contributed by atoms with Crippen molar-refractivity contribution in [2.24, 2.45) is 0 Å². The number of anilines is 2. The molecule has 9 nitrogen and oxygen atoms in total. The van der Waals surface area contributed by atoms with Gasteiger partial charge in [-0.1, -0.05) is 12.1 Å². The van der Waals surface area contributed by atoms with Crippen LogP contribution in [0.4, 0.5) is 11.4 Å². The van der Waals surface area contributed by atoms with Crippen LogP contribution in [0, 0.1) is 0 Å². The van der Waals surface area contributed by atoms with Crippen molar-refractivity contribution in [3.05, 3.63) is 42.5 Å². The van der Waals surface area contributed by atoms with E-state index in [2.05, 4.69) is 10.6 Å². The summed E-state index contributed by atoms with van der Waals surface area (Å²) in [5.41, 5.74) is 0.675. The zero-order valence-electron chi connectivity index (χ0n) is 16.4. The first kappa shape index (κ1) is 21.6. The van der Waals surface area contributed by atoms with Crippen LogP contribution in [0.15, 0.2) is 52.3 Å². The van der Waals surface area contributed by atoms with E-state index in [0.717, 1.165) is 4.90 Å². The van der Waals surface area contributed by atoms with Crippen molar-refractivity contribution in [1.82, 2.24) is 4.31 Å². The van der Waals surface area contributed by atoms with Gasteiger partial charge in [0.1, 0.15) is 5.75 Å². The lowest BCUT2D eigenvalue weighted by atomic mass is 10.2. The Balaban J connectivity index is 1.47. The number of phenols is 1. The number of amides is 2. The predicted molar refractivity (Wildman–Crippen MR) is 116 cm³/mol. The first-order chi connectivity index (χ1) is 14.8. The lowest BCUT2D eigenvalue weighted by molar-refractivity contribution is -0.120. The lowest BCUT2D eigenvalue weighted by Gasteiger charge is -2.26. The fourth-order valence-electron chi connectivity index (χ4n) is 3.31. The maximum atomic E-state index is 12.8. The molecule has 164 valence electrons. The highest BCUT2D eigenvalue weighted by atomic mass is 32.2. The molecule has 0 spiro atoms. The van der Waals surface area contributed by atoms with Gasteiger partial charge in [0.05, 0.1) is 34.7 Å². The molecule has 2 aliphatic heterocycles. The van der Waals surface area contributed by atoms with Crippen LogP contribution in [0.2, 0.25) is 0 Å². The maximum absolute atomic E-state index is 12.8. The second kappa shape index (κ2) is 8.87. The van der Waals surface area contributed by atoms with Gasteiger partial charge in [-0.15, -0.1) is 11.8 Å². The van der Waals surface area contributed by atoms with Gasteiger partial charge < -0.3 is 20.5 Å². The number of hydrogen-bond acceptors (Lipinski definition) is 7. The minimum absolute atomic E-state index is 0.0269. The first-order valence-corrected chi connectivity index (χ1v) is 11.9. The smallest absolute Gasteiger partial charge is 0.243 e. The summed E-state index contributed by atoms with van der Waals surface area (Å²) in [6.07, 6.45) is -0.134. The van der Waals surface area contributed by atoms with E-state index in [-0.39, 0.29) is 41.7 Å². The van der Waals surface area contributed by atoms with Crippen molar-refractivity contribution >= 4 is 45.0 Å². The van der Waals surface area contributed by atoms with Crippen LogP contribution in [-0.2, 0) is 24.3 Å². The van der Waals surface area contributed by atoms with Crippen LogP contribution in [0.25, 0.3) is 0 Å². The molecule has 2 aliphatic rings. The third-order valence-corrected chi connectivity index (χ3v) is 8.10. The van der Waals surface area contributed by atoms with E-state index in [9.17, 15) is 23.1 Å². The van der Waals surface area contributed by atoms with Gasteiger partial charge in [0.2, 0.25) is 21.8 Å². The van der Waals surface area contributed by atoms with Crippen LogP contribution >= 0.6 is 11.8 Å². The Morgan fingerprint density at radius 3 is 2.74 bits per heavy atom. The molecule has 0 radical (unpaired) electrons. The number of rotatable bonds is 5. The molecule has 31 heavy (non-hydrogen) atoms. The molecule has 0 saturated carbocycles. The van der Waals surface area contributed by atoms with Crippen molar-refractivity contribution in [1.29, 1.82) is 0 Å². The molecule has 2 aromatic rings. The Morgan fingerprint density at radius 1 is 1.23 bits per heavy atom. The summed E-state index contributed by atoms with van der Waals surface area (Å²) in [5.74, 6) is -1.06. The largest absolute Gasteiger partial charge is 0.506 e. The predicted octanol–water partition coefficient (Wildman–Crippen LogP) is 1.85. The van der Waals surface area contributed by atoms with Gasteiger partial charge in [0.15, 0.2) is 0 Å². The monoisotopic (exact) mass is 463 g/mol. The molecule has 11 heteroatoms. The number of aromatic hydroxyl groups is 1. The number of sulfonamides is 1. The third kappa shape index (κ3) is 4.69. The number of hydrogen-bond donors (Lipinski definition) is 3. The van der Waals surface area contributed by atoms with E-state index < -0.39 is 21.2 Å². The Bertz CT molecular complexity index is 1120. The van der Waals surface area contributed by atoms with Gasteiger partial charge >= 0.3 is 0 Å². The molecule has 1 atom stereocenters. The molecule has 2 heterocycles. The summed E-state index contributed by atoms with van der Waals surface area (Å²) in [7, 11) is -3.78. The summed E-state index contributed by atoms with van der Waals surface area (Å²) >= 11 is 1.28. The third-order valence-electron chi connectivity index (χ3n) is 4.93. The summed E-state index contributed by atoms with van der Waals surface area (Å²) in [4.78, 5) is 25.7. The molecule has 1 saturated heterocycles. The number of nitrogens with one attached hydrogen (secondary N) is 2. The molecule has 0 aliphatic carbocycles. The fourth-order valence-corrected chi connectivity index (χ4v) is 5.85. The van der Waals surface area contributed by atoms with E-state index in [1.165, 1.54) is 34.3 Å². The highest BCUT2D eigenvalue weighted by molar-refractivity contribution is 8.01. The number of fused-ring (bicyclic) bond motifs is 1. The Kier molecular flexibility index (Phi) is 6.19. The second-order valence-corrected chi connectivity index (χ2v) is 10.2. The minimum atomic E-state index is -3.78. The number of benzene rings is 2. The topological polar surface area (TPSA) is 125 Å². The molecule has 1 unspecified atom stereocenters. The zero-order chi connectivity index (χ0) is 22.0. The molecular weight excluding hydrogens is 442 g/mol. The van der Waals surface area contributed by atoms with Crippen molar-refractivity contribution in [2.45, 2.75) is 21.5 Å². The van der Waals surface area contributed by atoms with Crippen molar-refractivity contribution in [3.63, 3.8) is 0 Å². The number of phenolic OH excluding ortho intramolecular Hbond substituents is 1. The quantitative estimate of drug-likeness (QED) is 0.578. The zero-order valence-corrected chi connectivity index (χ0v) is 18.0. The molecule has 0 aromatic heterocycles. The average molecular weight is 464 g/mol. The van der Waals surface area contributed by atoms with Gasteiger partial charge in [-0.05, 0) is 30.3 Å². The second-order valence-electron chi connectivity index (χ2n) is 7.04. The molecule has 2 amide bonds. The molecule has 3 N–H and O–H groups in total. The van der Waals surface area contributed by atoms with Gasteiger partial charge in [-0.25, -0.2) is 8.42 Å². The number of carbonyl (C=O) groups excluding carboxylic acids is 2. The number of nitrogens with zero attached hydrogens (tertiary/aromatic N) is 1. The van der Waals surface area contributed by atoms with Crippen molar-refractivity contribution < 1.29 is 27.9 Å². The number of thioether (sulfide) groups is 1. The number of para-hydroxylation sites is 1. The highest BCUT2D eigenvalue weighted by Gasteiger charge is 2.30. The standard InChI is InChI=1S/C20H21N3O6S2/c24-16-6-5-13(31(27,28)23-7-9-29-10-8-23)11-15(16)21-19(25)12-18-20(26)22-14-3-1-2-4-17(14)30-18/h1-6,11,18,24H,7-10,12H2,(H,21,25)(H,22,26). The Morgan fingerprint density at radius 2 is 1.97 bits per heavy atom. The number of carbonyl (C=O) groups is 2. The molecule has 0 bridgehead atoms. The normalized spacial score (nSPS) is 19.4. The van der Waals surface area contributed by atoms with E-state index >= 15 is 0 Å². The SMILES string of the molecule is O=C(CC1Sc2ccccc2NC1=O)Nc1cc(S(=O)(=O)N2CCOCC2)ccc1O.